The number of hydrogen-bond acceptors (Lipinski definition) is 3. The first-order chi connectivity index (χ1) is 8.78. The van der Waals surface area contributed by atoms with E-state index in [1.807, 2.05) is 6.07 Å². The zero-order valence-electron chi connectivity index (χ0n) is 10.8. The van der Waals surface area contributed by atoms with Crippen LogP contribution in [0, 0.1) is 5.92 Å². The van der Waals surface area contributed by atoms with Crippen molar-refractivity contribution in [3.63, 3.8) is 0 Å². The number of hydrogen-bond donors (Lipinski definition) is 1. The SMILES string of the molecule is COc1ccc(NC(=O)CC2CCCCC2)cn1. The molecular weight excluding hydrogens is 228 g/mol. The van der Waals surface area contributed by atoms with Gasteiger partial charge in [0, 0.05) is 12.5 Å². The van der Waals surface area contributed by atoms with E-state index >= 15 is 0 Å². The van der Waals surface area contributed by atoms with Gasteiger partial charge < -0.3 is 10.1 Å². The molecule has 4 heteroatoms. The fourth-order valence-corrected chi connectivity index (χ4v) is 2.44. The van der Waals surface area contributed by atoms with Crippen molar-refractivity contribution in [1.29, 1.82) is 0 Å². The Morgan fingerprint density at radius 1 is 1.39 bits per heavy atom. The average Bonchev–Trinajstić information content (AvgIpc) is 2.40. The van der Waals surface area contributed by atoms with Crippen LogP contribution in [0.3, 0.4) is 0 Å². The Morgan fingerprint density at radius 2 is 2.17 bits per heavy atom. The third-order valence-electron chi connectivity index (χ3n) is 3.43. The number of rotatable bonds is 4. The summed E-state index contributed by atoms with van der Waals surface area (Å²) in [5.74, 6) is 1.21. The van der Waals surface area contributed by atoms with Crippen molar-refractivity contribution in [1.82, 2.24) is 4.98 Å². The van der Waals surface area contributed by atoms with Crippen LogP contribution in [0.5, 0.6) is 5.88 Å². The van der Waals surface area contributed by atoms with E-state index in [1.165, 1.54) is 32.1 Å². The highest BCUT2D eigenvalue weighted by Crippen LogP contribution is 2.26. The van der Waals surface area contributed by atoms with Crippen molar-refractivity contribution in [2.75, 3.05) is 12.4 Å². The minimum Gasteiger partial charge on any atom is -0.481 e. The number of nitrogens with zero attached hydrogens (tertiary/aromatic N) is 1. The molecule has 0 radical (unpaired) electrons. The molecule has 1 saturated carbocycles. The van der Waals surface area contributed by atoms with Crippen LogP contribution in [0.1, 0.15) is 38.5 Å². The molecule has 1 fully saturated rings. The Bertz CT molecular complexity index is 383. The highest BCUT2D eigenvalue weighted by molar-refractivity contribution is 5.90. The number of amides is 1. The molecule has 0 aliphatic heterocycles. The standard InChI is InChI=1S/C14H20N2O2/c1-18-14-8-7-12(10-15-14)16-13(17)9-11-5-3-2-4-6-11/h7-8,10-11H,2-6,9H2,1H3,(H,16,17). The second-order valence-corrected chi connectivity index (χ2v) is 4.85. The van der Waals surface area contributed by atoms with Crippen LogP contribution in [0.2, 0.25) is 0 Å². The highest BCUT2D eigenvalue weighted by atomic mass is 16.5. The quantitative estimate of drug-likeness (QED) is 0.891. The van der Waals surface area contributed by atoms with Gasteiger partial charge in [-0.05, 0) is 24.8 Å². The van der Waals surface area contributed by atoms with Crippen LogP contribution in [-0.4, -0.2) is 18.0 Å². The van der Waals surface area contributed by atoms with E-state index in [1.54, 1.807) is 19.4 Å². The summed E-state index contributed by atoms with van der Waals surface area (Å²) >= 11 is 0. The molecule has 0 saturated heterocycles. The average molecular weight is 248 g/mol. The van der Waals surface area contributed by atoms with E-state index in [2.05, 4.69) is 10.3 Å². The Hall–Kier alpha value is -1.58. The van der Waals surface area contributed by atoms with Crippen LogP contribution in [-0.2, 0) is 4.79 Å². The molecule has 1 amide bonds. The summed E-state index contributed by atoms with van der Waals surface area (Å²) in [6.45, 7) is 0. The number of anilines is 1. The Kier molecular flexibility index (Phi) is 4.56. The van der Waals surface area contributed by atoms with Crippen molar-refractivity contribution in [2.45, 2.75) is 38.5 Å². The van der Waals surface area contributed by atoms with Crippen molar-refractivity contribution >= 4 is 11.6 Å². The minimum atomic E-state index is 0.0915. The summed E-state index contributed by atoms with van der Waals surface area (Å²) in [6, 6.07) is 3.56. The molecule has 1 aromatic rings. The lowest BCUT2D eigenvalue weighted by molar-refractivity contribution is -0.117. The lowest BCUT2D eigenvalue weighted by Crippen LogP contribution is -2.18. The molecule has 0 aromatic carbocycles. The van der Waals surface area contributed by atoms with Gasteiger partial charge in [-0.1, -0.05) is 19.3 Å². The number of aromatic nitrogens is 1. The van der Waals surface area contributed by atoms with Crippen LogP contribution in [0.25, 0.3) is 0 Å². The molecule has 1 N–H and O–H groups in total. The van der Waals surface area contributed by atoms with Gasteiger partial charge in [-0.25, -0.2) is 4.98 Å². The van der Waals surface area contributed by atoms with E-state index in [9.17, 15) is 4.79 Å². The third kappa shape index (κ3) is 3.72. The number of methoxy groups -OCH3 is 1. The van der Waals surface area contributed by atoms with Crippen molar-refractivity contribution < 1.29 is 9.53 Å². The van der Waals surface area contributed by atoms with Gasteiger partial charge in [0.2, 0.25) is 11.8 Å². The van der Waals surface area contributed by atoms with E-state index in [0.717, 1.165) is 5.69 Å². The fraction of sp³-hybridized carbons (Fsp3) is 0.571. The molecule has 1 aliphatic carbocycles. The van der Waals surface area contributed by atoms with Gasteiger partial charge in [0.25, 0.3) is 0 Å². The van der Waals surface area contributed by atoms with Crippen LogP contribution in [0.4, 0.5) is 5.69 Å². The fourth-order valence-electron chi connectivity index (χ4n) is 2.44. The molecule has 0 unspecified atom stereocenters. The predicted molar refractivity (Wildman–Crippen MR) is 70.6 cm³/mol. The number of carbonyl (C=O) groups is 1. The zero-order valence-corrected chi connectivity index (χ0v) is 10.8. The van der Waals surface area contributed by atoms with E-state index in [4.69, 9.17) is 4.74 Å². The first-order valence-electron chi connectivity index (χ1n) is 6.58. The van der Waals surface area contributed by atoms with Gasteiger partial charge in [-0.15, -0.1) is 0 Å². The lowest BCUT2D eigenvalue weighted by atomic mass is 9.87. The van der Waals surface area contributed by atoms with Gasteiger partial charge in [0.05, 0.1) is 19.0 Å². The summed E-state index contributed by atoms with van der Waals surface area (Å²) in [5, 5.41) is 2.88. The monoisotopic (exact) mass is 248 g/mol. The summed E-state index contributed by atoms with van der Waals surface area (Å²) in [6.07, 6.45) is 8.48. The van der Waals surface area contributed by atoms with Crippen molar-refractivity contribution in [3.8, 4) is 5.88 Å². The molecule has 2 rings (SSSR count). The molecule has 18 heavy (non-hydrogen) atoms. The molecule has 98 valence electrons. The maximum atomic E-state index is 11.9. The molecular formula is C14H20N2O2. The number of pyridine rings is 1. The maximum Gasteiger partial charge on any atom is 0.224 e. The topological polar surface area (TPSA) is 51.2 Å². The van der Waals surface area contributed by atoms with Gasteiger partial charge in [-0.3, -0.25) is 4.79 Å². The van der Waals surface area contributed by atoms with Crippen LogP contribution in [0.15, 0.2) is 18.3 Å². The molecule has 0 spiro atoms. The molecule has 1 aromatic heterocycles. The molecule has 1 heterocycles. The summed E-state index contributed by atoms with van der Waals surface area (Å²) < 4.78 is 4.97. The van der Waals surface area contributed by atoms with Gasteiger partial charge in [0.1, 0.15) is 0 Å². The van der Waals surface area contributed by atoms with Gasteiger partial charge in [-0.2, -0.15) is 0 Å². The smallest absolute Gasteiger partial charge is 0.224 e. The minimum absolute atomic E-state index is 0.0915. The van der Waals surface area contributed by atoms with Gasteiger partial charge >= 0.3 is 0 Å². The normalized spacial score (nSPS) is 16.3. The van der Waals surface area contributed by atoms with Crippen LogP contribution >= 0.6 is 0 Å². The van der Waals surface area contributed by atoms with E-state index < -0.39 is 0 Å². The van der Waals surface area contributed by atoms with Gasteiger partial charge in [0.15, 0.2) is 0 Å². The van der Waals surface area contributed by atoms with Crippen molar-refractivity contribution in [2.24, 2.45) is 5.92 Å². The zero-order chi connectivity index (χ0) is 12.8. The third-order valence-corrected chi connectivity index (χ3v) is 3.43. The first-order valence-corrected chi connectivity index (χ1v) is 6.58. The lowest BCUT2D eigenvalue weighted by Gasteiger charge is -2.20. The molecule has 4 nitrogen and oxygen atoms in total. The summed E-state index contributed by atoms with van der Waals surface area (Å²) in [5.41, 5.74) is 0.733. The summed E-state index contributed by atoms with van der Waals surface area (Å²) in [7, 11) is 1.57. The Balaban J connectivity index is 1.82. The molecule has 0 atom stereocenters. The largest absolute Gasteiger partial charge is 0.481 e. The molecule has 1 aliphatic rings. The van der Waals surface area contributed by atoms with E-state index in [0.29, 0.717) is 18.2 Å². The van der Waals surface area contributed by atoms with E-state index in [-0.39, 0.29) is 5.91 Å². The molecule has 0 bridgehead atoms. The second-order valence-electron chi connectivity index (χ2n) is 4.85. The predicted octanol–water partition coefficient (Wildman–Crippen LogP) is 3.00. The number of carbonyl (C=O) groups excluding carboxylic acids is 1. The summed E-state index contributed by atoms with van der Waals surface area (Å²) in [4.78, 5) is 15.9. The first kappa shape index (κ1) is 12.9. The van der Waals surface area contributed by atoms with Crippen LogP contribution < -0.4 is 10.1 Å². The Morgan fingerprint density at radius 3 is 2.78 bits per heavy atom. The highest BCUT2D eigenvalue weighted by Gasteiger charge is 2.17. The number of nitrogens with one attached hydrogen (secondary N) is 1. The van der Waals surface area contributed by atoms with Crippen molar-refractivity contribution in [3.05, 3.63) is 18.3 Å². The second kappa shape index (κ2) is 6.38. The number of ether oxygens (including phenoxy) is 1. The maximum absolute atomic E-state index is 11.9. The Labute approximate surface area is 108 Å².